The van der Waals surface area contributed by atoms with E-state index in [0.29, 0.717) is 6.42 Å². The van der Waals surface area contributed by atoms with Gasteiger partial charge in [-0.05, 0) is 32.0 Å². The molecule has 1 atom stereocenters. The van der Waals surface area contributed by atoms with E-state index in [2.05, 4.69) is 10.4 Å². The first-order valence-corrected chi connectivity index (χ1v) is 6.02. The molecule has 0 amide bonds. The fraction of sp³-hybridized carbons (Fsp3) is 0.357. The zero-order valence-electron chi connectivity index (χ0n) is 10.9. The van der Waals surface area contributed by atoms with Crippen molar-refractivity contribution in [3.8, 4) is 0 Å². The molecule has 1 aromatic carbocycles. The van der Waals surface area contributed by atoms with Crippen LogP contribution in [0.5, 0.6) is 0 Å². The number of likely N-dealkylation sites (N-methyl/N-ethyl adjacent to an activating group) is 1. The van der Waals surface area contributed by atoms with Gasteiger partial charge in [-0.25, -0.2) is 4.39 Å². The maximum atomic E-state index is 13.7. The van der Waals surface area contributed by atoms with Crippen LogP contribution in [0.3, 0.4) is 0 Å². The molecule has 0 aliphatic heterocycles. The average Bonchev–Trinajstić information content (AvgIpc) is 2.70. The minimum atomic E-state index is -0.153. The van der Waals surface area contributed by atoms with Gasteiger partial charge in [0.2, 0.25) is 0 Å². The molecule has 96 valence electrons. The Morgan fingerprint density at radius 2 is 2.11 bits per heavy atom. The maximum absolute atomic E-state index is 13.7. The summed E-state index contributed by atoms with van der Waals surface area (Å²) in [6, 6.07) is 6.98. The molecule has 0 saturated heterocycles. The van der Waals surface area contributed by atoms with E-state index < -0.39 is 0 Å². The average molecular weight is 247 g/mol. The van der Waals surface area contributed by atoms with Crippen LogP contribution in [0.4, 0.5) is 4.39 Å². The van der Waals surface area contributed by atoms with Crippen LogP contribution in [0.15, 0.2) is 30.5 Å². The van der Waals surface area contributed by atoms with Gasteiger partial charge in [0.25, 0.3) is 0 Å². The summed E-state index contributed by atoms with van der Waals surface area (Å²) < 4.78 is 15.5. The number of hydrogen-bond acceptors (Lipinski definition) is 2. The molecule has 0 saturated carbocycles. The van der Waals surface area contributed by atoms with E-state index in [-0.39, 0.29) is 11.9 Å². The highest BCUT2D eigenvalue weighted by Crippen LogP contribution is 2.22. The summed E-state index contributed by atoms with van der Waals surface area (Å²) in [4.78, 5) is 0. The van der Waals surface area contributed by atoms with Gasteiger partial charge in [-0.1, -0.05) is 18.2 Å². The minimum Gasteiger partial charge on any atom is -0.313 e. The van der Waals surface area contributed by atoms with Crippen LogP contribution in [-0.2, 0) is 13.5 Å². The van der Waals surface area contributed by atoms with Crippen molar-refractivity contribution < 1.29 is 4.39 Å². The Labute approximate surface area is 107 Å². The summed E-state index contributed by atoms with van der Waals surface area (Å²) in [5, 5.41) is 7.46. The van der Waals surface area contributed by atoms with Gasteiger partial charge in [0, 0.05) is 24.3 Å². The number of nitrogens with zero attached hydrogens (tertiary/aromatic N) is 2. The third-order valence-corrected chi connectivity index (χ3v) is 3.38. The van der Waals surface area contributed by atoms with Gasteiger partial charge >= 0.3 is 0 Å². The van der Waals surface area contributed by atoms with Crippen LogP contribution in [0.1, 0.15) is 22.9 Å². The minimum absolute atomic E-state index is 0.0793. The van der Waals surface area contributed by atoms with Crippen molar-refractivity contribution in [2.75, 3.05) is 7.05 Å². The lowest BCUT2D eigenvalue weighted by atomic mass is 9.99. The van der Waals surface area contributed by atoms with Crippen LogP contribution >= 0.6 is 0 Å². The Kier molecular flexibility index (Phi) is 3.77. The monoisotopic (exact) mass is 247 g/mol. The van der Waals surface area contributed by atoms with Crippen molar-refractivity contribution in [2.24, 2.45) is 7.05 Å². The standard InChI is InChI=1S/C14H18FN3/c1-10-12(9-17-18(10)3)14(16-2)8-11-6-4-5-7-13(11)15/h4-7,9,14,16H,8H2,1-3H3. The van der Waals surface area contributed by atoms with Gasteiger partial charge in [0.1, 0.15) is 5.82 Å². The number of aromatic nitrogens is 2. The fourth-order valence-corrected chi connectivity index (χ4v) is 2.11. The van der Waals surface area contributed by atoms with Gasteiger partial charge in [-0.15, -0.1) is 0 Å². The van der Waals surface area contributed by atoms with E-state index in [9.17, 15) is 4.39 Å². The molecule has 2 aromatic rings. The van der Waals surface area contributed by atoms with Crippen molar-refractivity contribution in [3.05, 3.63) is 53.1 Å². The summed E-state index contributed by atoms with van der Waals surface area (Å²) in [5.41, 5.74) is 2.94. The van der Waals surface area contributed by atoms with Gasteiger partial charge in [-0.2, -0.15) is 5.10 Å². The molecule has 0 bridgehead atoms. The van der Waals surface area contributed by atoms with Crippen molar-refractivity contribution in [1.29, 1.82) is 0 Å². The van der Waals surface area contributed by atoms with Gasteiger partial charge < -0.3 is 5.32 Å². The number of hydrogen-bond donors (Lipinski definition) is 1. The summed E-state index contributed by atoms with van der Waals surface area (Å²) >= 11 is 0. The first kappa shape index (κ1) is 12.8. The van der Waals surface area contributed by atoms with Crippen molar-refractivity contribution >= 4 is 0 Å². The van der Waals surface area contributed by atoms with E-state index in [0.717, 1.165) is 16.8 Å². The largest absolute Gasteiger partial charge is 0.313 e. The highest BCUT2D eigenvalue weighted by Gasteiger charge is 2.16. The van der Waals surface area contributed by atoms with E-state index >= 15 is 0 Å². The lowest BCUT2D eigenvalue weighted by Crippen LogP contribution is -2.20. The summed E-state index contributed by atoms with van der Waals surface area (Å²) in [6.45, 7) is 2.02. The van der Waals surface area contributed by atoms with Crippen LogP contribution in [0.2, 0.25) is 0 Å². The van der Waals surface area contributed by atoms with Crippen LogP contribution < -0.4 is 5.32 Å². The van der Waals surface area contributed by atoms with Crippen LogP contribution in [0.25, 0.3) is 0 Å². The molecule has 0 aliphatic carbocycles. The molecule has 18 heavy (non-hydrogen) atoms. The molecule has 2 rings (SSSR count). The summed E-state index contributed by atoms with van der Waals surface area (Å²) in [6.07, 6.45) is 2.47. The molecule has 1 aromatic heterocycles. The smallest absolute Gasteiger partial charge is 0.126 e. The topological polar surface area (TPSA) is 29.9 Å². The molecule has 1 heterocycles. The van der Waals surface area contributed by atoms with Gasteiger partial charge in [-0.3, -0.25) is 4.68 Å². The van der Waals surface area contributed by atoms with Gasteiger partial charge in [0.05, 0.1) is 6.20 Å². The highest BCUT2D eigenvalue weighted by molar-refractivity contribution is 5.25. The van der Waals surface area contributed by atoms with E-state index in [1.54, 1.807) is 6.07 Å². The third kappa shape index (κ3) is 2.43. The Hall–Kier alpha value is -1.68. The second-order valence-corrected chi connectivity index (χ2v) is 4.45. The Morgan fingerprint density at radius 3 is 2.67 bits per heavy atom. The molecule has 4 heteroatoms. The Balaban J connectivity index is 2.25. The molecular weight excluding hydrogens is 229 g/mol. The first-order chi connectivity index (χ1) is 8.63. The molecule has 1 N–H and O–H groups in total. The van der Waals surface area contributed by atoms with Crippen LogP contribution in [0, 0.1) is 12.7 Å². The first-order valence-electron chi connectivity index (χ1n) is 6.02. The van der Waals surface area contributed by atoms with E-state index in [1.165, 1.54) is 6.07 Å². The summed E-state index contributed by atoms with van der Waals surface area (Å²) in [7, 11) is 3.80. The van der Waals surface area contributed by atoms with Gasteiger partial charge in [0.15, 0.2) is 0 Å². The number of halogens is 1. The molecule has 0 radical (unpaired) electrons. The molecule has 3 nitrogen and oxygen atoms in total. The Bertz CT molecular complexity index is 534. The zero-order chi connectivity index (χ0) is 13.1. The van der Waals surface area contributed by atoms with Crippen LogP contribution in [-0.4, -0.2) is 16.8 Å². The molecule has 0 fully saturated rings. The molecule has 0 spiro atoms. The molecule has 1 unspecified atom stereocenters. The van der Waals surface area contributed by atoms with Crippen molar-refractivity contribution in [3.63, 3.8) is 0 Å². The predicted octanol–water partition coefficient (Wildman–Crippen LogP) is 2.37. The lowest BCUT2D eigenvalue weighted by Gasteiger charge is -2.16. The predicted molar refractivity (Wildman–Crippen MR) is 69.8 cm³/mol. The molecule has 0 aliphatic rings. The number of rotatable bonds is 4. The SMILES string of the molecule is CNC(Cc1ccccc1F)c1cnn(C)c1C. The number of aryl methyl sites for hydroxylation is 1. The summed E-state index contributed by atoms with van der Waals surface area (Å²) in [5.74, 6) is -0.153. The second-order valence-electron chi connectivity index (χ2n) is 4.45. The Morgan fingerprint density at radius 1 is 1.39 bits per heavy atom. The van der Waals surface area contributed by atoms with Crippen molar-refractivity contribution in [1.82, 2.24) is 15.1 Å². The number of nitrogens with one attached hydrogen (secondary N) is 1. The van der Waals surface area contributed by atoms with Crippen molar-refractivity contribution in [2.45, 2.75) is 19.4 Å². The maximum Gasteiger partial charge on any atom is 0.126 e. The van der Waals surface area contributed by atoms with E-state index in [4.69, 9.17) is 0 Å². The van der Waals surface area contributed by atoms with E-state index in [1.807, 2.05) is 44.0 Å². The quantitative estimate of drug-likeness (QED) is 0.899. The third-order valence-electron chi connectivity index (χ3n) is 3.38. The normalized spacial score (nSPS) is 12.7. The molecular formula is C14H18FN3. The second kappa shape index (κ2) is 5.31. The lowest BCUT2D eigenvalue weighted by molar-refractivity contribution is 0.551. The fourth-order valence-electron chi connectivity index (χ4n) is 2.11. The number of benzene rings is 1. The highest BCUT2D eigenvalue weighted by atomic mass is 19.1. The zero-order valence-corrected chi connectivity index (χ0v) is 10.9.